The van der Waals surface area contributed by atoms with Crippen LogP contribution in [0.4, 0.5) is 0 Å². The quantitative estimate of drug-likeness (QED) is 0.757. The Morgan fingerprint density at radius 3 is 2.67 bits per heavy atom. The molecule has 0 saturated heterocycles. The molecule has 1 aliphatic carbocycles. The first-order chi connectivity index (χ1) is 8.65. The average Bonchev–Trinajstić information content (AvgIpc) is 2.37. The molecular weight excluding hydrogens is 228 g/mol. The fraction of sp³-hybridized carbons (Fsp3) is 0.929. The zero-order chi connectivity index (χ0) is 13.4. The number of nitriles is 1. The maximum atomic E-state index is 9.00. The van der Waals surface area contributed by atoms with Crippen LogP contribution in [-0.2, 0) is 9.47 Å². The molecule has 1 N–H and O–H groups in total. The number of hydrogen-bond donors (Lipinski definition) is 1. The molecule has 1 aliphatic rings. The normalized spacial score (nSPS) is 25.9. The maximum absolute atomic E-state index is 9.00. The molecule has 0 amide bonds. The van der Waals surface area contributed by atoms with Gasteiger partial charge < -0.3 is 9.47 Å². The molecule has 0 aromatic rings. The van der Waals surface area contributed by atoms with E-state index in [-0.39, 0.29) is 6.04 Å². The van der Waals surface area contributed by atoms with Crippen LogP contribution in [-0.4, -0.2) is 38.0 Å². The Balaban J connectivity index is 2.18. The topological polar surface area (TPSA) is 54.3 Å². The number of ether oxygens (including phenoxy) is 2. The highest BCUT2D eigenvalue weighted by atomic mass is 16.5. The summed E-state index contributed by atoms with van der Waals surface area (Å²) in [6.45, 7) is 4.75. The van der Waals surface area contributed by atoms with Gasteiger partial charge in [-0.25, -0.2) is 0 Å². The number of rotatable bonds is 7. The summed E-state index contributed by atoms with van der Waals surface area (Å²) in [7, 11) is 1.77. The molecule has 1 saturated carbocycles. The standard InChI is InChI=1S/C14H26N2O2/c1-11(2)16-12(10-15)7-8-18-14-6-4-5-13(9-14)17-3/h11-14,16H,4-9H2,1-3H3. The van der Waals surface area contributed by atoms with E-state index in [1.807, 2.05) is 0 Å². The van der Waals surface area contributed by atoms with Crippen molar-refractivity contribution in [1.82, 2.24) is 5.32 Å². The van der Waals surface area contributed by atoms with Gasteiger partial charge in [0.25, 0.3) is 0 Å². The second-order valence-electron chi connectivity index (χ2n) is 5.31. The van der Waals surface area contributed by atoms with Crippen molar-refractivity contribution < 1.29 is 9.47 Å². The lowest BCUT2D eigenvalue weighted by atomic mass is 9.95. The fourth-order valence-electron chi connectivity index (χ4n) is 2.41. The van der Waals surface area contributed by atoms with Crippen molar-refractivity contribution in [3.05, 3.63) is 0 Å². The van der Waals surface area contributed by atoms with Gasteiger partial charge in [-0.05, 0) is 46.0 Å². The van der Waals surface area contributed by atoms with Crippen molar-refractivity contribution in [2.24, 2.45) is 0 Å². The highest BCUT2D eigenvalue weighted by Gasteiger charge is 2.22. The molecule has 3 atom stereocenters. The Labute approximate surface area is 111 Å². The molecule has 0 radical (unpaired) electrons. The minimum Gasteiger partial charge on any atom is -0.381 e. The summed E-state index contributed by atoms with van der Waals surface area (Å²) < 4.78 is 11.2. The van der Waals surface area contributed by atoms with E-state index in [0.717, 1.165) is 25.7 Å². The highest BCUT2D eigenvalue weighted by Crippen LogP contribution is 2.23. The Morgan fingerprint density at radius 1 is 1.33 bits per heavy atom. The molecule has 0 heterocycles. The van der Waals surface area contributed by atoms with E-state index in [1.165, 1.54) is 6.42 Å². The van der Waals surface area contributed by atoms with E-state index in [0.29, 0.717) is 24.9 Å². The van der Waals surface area contributed by atoms with Gasteiger partial charge in [-0.15, -0.1) is 0 Å². The number of hydrogen-bond acceptors (Lipinski definition) is 4. The zero-order valence-electron chi connectivity index (χ0n) is 11.8. The van der Waals surface area contributed by atoms with E-state index in [4.69, 9.17) is 14.7 Å². The molecule has 0 spiro atoms. The van der Waals surface area contributed by atoms with Gasteiger partial charge in [-0.1, -0.05) is 0 Å². The third kappa shape index (κ3) is 5.81. The zero-order valence-corrected chi connectivity index (χ0v) is 11.8. The van der Waals surface area contributed by atoms with E-state index in [9.17, 15) is 0 Å². The number of nitrogens with zero attached hydrogens (tertiary/aromatic N) is 1. The molecule has 3 unspecified atom stereocenters. The first kappa shape index (κ1) is 15.4. The van der Waals surface area contributed by atoms with Crippen LogP contribution in [0.3, 0.4) is 0 Å². The lowest BCUT2D eigenvalue weighted by Crippen LogP contribution is -2.35. The largest absolute Gasteiger partial charge is 0.381 e. The smallest absolute Gasteiger partial charge is 0.0976 e. The third-order valence-corrected chi connectivity index (χ3v) is 3.36. The van der Waals surface area contributed by atoms with Crippen molar-refractivity contribution in [3.8, 4) is 6.07 Å². The molecule has 0 aromatic heterocycles. The van der Waals surface area contributed by atoms with E-state index in [2.05, 4.69) is 25.2 Å². The van der Waals surface area contributed by atoms with Crippen LogP contribution < -0.4 is 5.32 Å². The van der Waals surface area contributed by atoms with Crippen LogP contribution in [0.2, 0.25) is 0 Å². The summed E-state index contributed by atoms with van der Waals surface area (Å²) in [5, 5.41) is 12.2. The molecular formula is C14H26N2O2. The first-order valence-corrected chi connectivity index (χ1v) is 6.95. The lowest BCUT2D eigenvalue weighted by Gasteiger charge is -2.28. The van der Waals surface area contributed by atoms with Crippen LogP contribution in [0.15, 0.2) is 0 Å². The average molecular weight is 254 g/mol. The van der Waals surface area contributed by atoms with Crippen LogP contribution in [0.1, 0.15) is 46.0 Å². The van der Waals surface area contributed by atoms with Gasteiger partial charge in [-0.2, -0.15) is 5.26 Å². The van der Waals surface area contributed by atoms with Crippen LogP contribution in [0.25, 0.3) is 0 Å². The first-order valence-electron chi connectivity index (χ1n) is 6.95. The van der Waals surface area contributed by atoms with Crippen LogP contribution in [0.5, 0.6) is 0 Å². The summed E-state index contributed by atoms with van der Waals surface area (Å²) in [4.78, 5) is 0. The highest BCUT2D eigenvalue weighted by molar-refractivity contribution is 4.90. The van der Waals surface area contributed by atoms with Crippen molar-refractivity contribution >= 4 is 0 Å². The van der Waals surface area contributed by atoms with Gasteiger partial charge in [0.05, 0.1) is 24.3 Å². The van der Waals surface area contributed by atoms with Crippen molar-refractivity contribution in [2.45, 2.75) is 70.2 Å². The third-order valence-electron chi connectivity index (χ3n) is 3.36. The Hall–Kier alpha value is -0.630. The van der Waals surface area contributed by atoms with Crippen molar-refractivity contribution in [3.63, 3.8) is 0 Å². The van der Waals surface area contributed by atoms with Gasteiger partial charge in [0.1, 0.15) is 0 Å². The number of methoxy groups -OCH3 is 1. The predicted octanol–water partition coefficient (Wildman–Crippen LogP) is 2.24. The Bertz CT molecular complexity index is 263. The van der Waals surface area contributed by atoms with Crippen molar-refractivity contribution in [1.29, 1.82) is 5.26 Å². The molecule has 0 aromatic carbocycles. The molecule has 0 aliphatic heterocycles. The van der Waals surface area contributed by atoms with E-state index < -0.39 is 0 Å². The molecule has 1 fully saturated rings. The second-order valence-corrected chi connectivity index (χ2v) is 5.31. The van der Waals surface area contributed by atoms with Gasteiger partial charge in [0.2, 0.25) is 0 Å². The molecule has 4 heteroatoms. The maximum Gasteiger partial charge on any atom is 0.0976 e. The van der Waals surface area contributed by atoms with Crippen molar-refractivity contribution in [2.75, 3.05) is 13.7 Å². The molecule has 1 rings (SSSR count). The SMILES string of the molecule is COC1CCCC(OCCC(C#N)NC(C)C)C1. The lowest BCUT2D eigenvalue weighted by molar-refractivity contribution is -0.0307. The van der Waals surface area contributed by atoms with Gasteiger partial charge in [0, 0.05) is 19.8 Å². The minimum absolute atomic E-state index is 0.105. The second kappa shape index (κ2) is 8.47. The minimum atomic E-state index is -0.105. The van der Waals surface area contributed by atoms with Gasteiger partial charge >= 0.3 is 0 Å². The summed E-state index contributed by atoms with van der Waals surface area (Å²) in [6, 6.07) is 2.51. The molecule has 104 valence electrons. The summed E-state index contributed by atoms with van der Waals surface area (Å²) in [5.74, 6) is 0. The summed E-state index contributed by atoms with van der Waals surface area (Å²) >= 11 is 0. The Kier molecular flexibility index (Phi) is 7.26. The van der Waals surface area contributed by atoms with Crippen LogP contribution >= 0.6 is 0 Å². The van der Waals surface area contributed by atoms with E-state index in [1.54, 1.807) is 7.11 Å². The van der Waals surface area contributed by atoms with E-state index >= 15 is 0 Å². The predicted molar refractivity (Wildman–Crippen MR) is 71.3 cm³/mol. The molecule has 18 heavy (non-hydrogen) atoms. The van der Waals surface area contributed by atoms with Crippen LogP contribution in [0, 0.1) is 11.3 Å². The van der Waals surface area contributed by atoms with Gasteiger partial charge in [-0.3, -0.25) is 5.32 Å². The monoisotopic (exact) mass is 254 g/mol. The molecule has 0 bridgehead atoms. The Morgan fingerprint density at radius 2 is 2.06 bits per heavy atom. The summed E-state index contributed by atoms with van der Waals surface area (Å²) in [6.07, 6.45) is 5.84. The number of nitrogens with one attached hydrogen (secondary N) is 1. The fourth-order valence-corrected chi connectivity index (χ4v) is 2.41. The summed E-state index contributed by atoms with van der Waals surface area (Å²) in [5.41, 5.74) is 0. The van der Waals surface area contributed by atoms with Gasteiger partial charge in [0.15, 0.2) is 0 Å². The molecule has 4 nitrogen and oxygen atoms in total.